The third-order valence-corrected chi connectivity index (χ3v) is 3.09. The van der Waals surface area contributed by atoms with Crippen molar-refractivity contribution in [2.24, 2.45) is 0 Å². The summed E-state index contributed by atoms with van der Waals surface area (Å²) < 4.78 is 8.19. The van der Waals surface area contributed by atoms with E-state index in [9.17, 15) is 0 Å². The number of nitrogens with zero attached hydrogens (tertiary/aromatic N) is 3. The Morgan fingerprint density at radius 3 is 2.94 bits per heavy atom. The maximum Gasteiger partial charge on any atom is 0.169 e. The van der Waals surface area contributed by atoms with Crippen molar-refractivity contribution < 1.29 is 4.42 Å². The number of hydrogen-bond acceptors (Lipinski definition) is 4. The van der Waals surface area contributed by atoms with Crippen LogP contribution < -0.4 is 5.32 Å². The second kappa shape index (κ2) is 5.46. The molecule has 0 aromatic carbocycles. The van der Waals surface area contributed by atoms with E-state index in [1.807, 2.05) is 23.9 Å². The predicted molar refractivity (Wildman–Crippen MR) is 67.6 cm³/mol. The van der Waals surface area contributed by atoms with Crippen molar-refractivity contribution in [1.82, 2.24) is 20.1 Å². The summed E-state index contributed by atoms with van der Waals surface area (Å²) in [4.78, 5) is 4.27. The first-order valence-electron chi connectivity index (χ1n) is 5.53. The van der Waals surface area contributed by atoms with Crippen LogP contribution in [0.1, 0.15) is 24.6 Å². The number of likely N-dealkylation sites (N-methyl/N-ethyl adjacent to an activating group) is 1. The number of aromatic nitrogens is 3. The zero-order valence-corrected chi connectivity index (χ0v) is 11.4. The van der Waals surface area contributed by atoms with E-state index in [1.165, 1.54) is 0 Å². The fourth-order valence-corrected chi connectivity index (χ4v) is 2.07. The van der Waals surface area contributed by atoms with Crippen molar-refractivity contribution in [3.05, 3.63) is 34.7 Å². The molecule has 0 aliphatic carbocycles. The van der Waals surface area contributed by atoms with Gasteiger partial charge in [0.25, 0.3) is 0 Å². The van der Waals surface area contributed by atoms with E-state index in [1.54, 1.807) is 6.33 Å². The fourth-order valence-electron chi connectivity index (χ4n) is 1.75. The lowest BCUT2D eigenvalue weighted by Gasteiger charge is -2.13. The van der Waals surface area contributed by atoms with Gasteiger partial charge in [-0.05, 0) is 42.0 Å². The summed E-state index contributed by atoms with van der Waals surface area (Å²) in [6, 6.07) is 3.96. The molecule has 17 heavy (non-hydrogen) atoms. The summed E-state index contributed by atoms with van der Waals surface area (Å²) in [6.45, 7) is 2.88. The highest BCUT2D eigenvalue weighted by Gasteiger charge is 2.16. The molecule has 0 aliphatic rings. The Hall–Kier alpha value is -1.14. The van der Waals surface area contributed by atoms with Crippen LogP contribution in [-0.2, 0) is 13.0 Å². The van der Waals surface area contributed by atoms with Crippen molar-refractivity contribution in [3.63, 3.8) is 0 Å². The van der Waals surface area contributed by atoms with Crippen LogP contribution in [0.15, 0.2) is 27.5 Å². The Labute approximate surface area is 108 Å². The number of aryl methyl sites for hydroxylation is 1. The second-order valence-corrected chi connectivity index (χ2v) is 4.46. The SMILES string of the molecule is CCn1ncnc1CC(NC)c1ccc(Br)o1. The molecule has 0 spiro atoms. The van der Waals surface area contributed by atoms with Gasteiger partial charge in [0, 0.05) is 13.0 Å². The van der Waals surface area contributed by atoms with Crippen molar-refractivity contribution in [3.8, 4) is 0 Å². The van der Waals surface area contributed by atoms with E-state index in [2.05, 4.69) is 38.3 Å². The fraction of sp³-hybridized carbons (Fsp3) is 0.455. The summed E-state index contributed by atoms with van der Waals surface area (Å²) in [6.07, 6.45) is 2.34. The molecule has 92 valence electrons. The largest absolute Gasteiger partial charge is 0.453 e. The van der Waals surface area contributed by atoms with Gasteiger partial charge in [-0.1, -0.05) is 0 Å². The van der Waals surface area contributed by atoms with Crippen LogP contribution in [0, 0.1) is 0 Å². The van der Waals surface area contributed by atoms with Gasteiger partial charge in [-0.3, -0.25) is 4.68 Å². The van der Waals surface area contributed by atoms with Gasteiger partial charge >= 0.3 is 0 Å². The van der Waals surface area contributed by atoms with Crippen LogP contribution in [0.25, 0.3) is 0 Å². The topological polar surface area (TPSA) is 55.9 Å². The molecule has 0 amide bonds. The molecule has 5 nitrogen and oxygen atoms in total. The van der Waals surface area contributed by atoms with Gasteiger partial charge in [0.15, 0.2) is 4.67 Å². The Bertz CT molecular complexity index is 479. The van der Waals surface area contributed by atoms with E-state index in [-0.39, 0.29) is 6.04 Å². The summed E-state index contributed by atoms with van der Waals surface area (Å²) in [5, 5.41) is 7.38. The van der Waals surface area contributed by atoms with Crippen molar-refractivity contribution >= 4 is 15.9 Å². The second-order valence-electron chi connectivity index (χ2n) is 3.68. The number of furan rings is 1. The molecule has 1 atom stereocenters. The molecule has 2 aromatic rings. The minimum absolute atomic E-state index is 0.107. The van der Waals surface area contributed by atoms with Crippen LogP contribution >= 0.6 is 15.9 Å². The van der Waals surface area contributed by atoms with Gasteiger partial charge in [0.05, 0.1) is 6.04 Å². The van der Waals surface area contributed by atoms with Crippen LogP contribution in [0.3, 0.4) is 0 Å². The lowest BCUT2D eigenvalue weighted by Crippen LogP contribution is -2.20. The highest BCUT2D eigenvalue weighted by Crippen LogP contribution is 2.22. The standard InChI is InChI=1S/C11H15BrN4O/c1-3-16-11(14-7-15-16)6-8(13-2)9-4-5-10(12)17-9/h4-5,7-8,13H,3,6H2,1-2H3. The average molecular weight is 299 g/mol. The number of halogens is 1. The van der Waals surface area contributed by atoms with Gasteiger partial charge in [-0.2, -0.15) is 5.10 Å². The summed E-state index contributed by atoms with van der Waals surface area (Å²) >= 11 is 3.31. The number of nitrogens with one attached hydrogen (secondary N) is 1. The summed E-state index contributed by atoms with van der Waals surface area (Å²) in [7, 11) is 1.91. The van der Waals surface area contributed by atoms with Crippen LogP contribution in [0.4, 0.5) is 0 Å². The molecular formula is C11H15BrN4O. The number of hydrogen-bond donors (Lipinski definition) is 1. The highest BCUT2D eigenvalue weighted by molar-refractivity contribution is 9.10. The van der Waals surface area contributed by atoms with E-state index in [0.717, 1.165) is 29.2 Å². The van der Waals surface area contributed by atoms with Crippen molar-refractivity contribution in [2.45, 2.75) is 25.9 Å². The van der Waals surface area contributed by atoms with Crippen LogP contribution in [0.5, 0.6) is 0 Å². The molecule has 2 rings (SSSR count). The zero-order valence-electron chi connectivity index (χ0n) is 9.85. The molecule has 2 heterocycles. The average Bonchev–Trinajstić information content (AvgIpc) is 2.94. The molecule has 0 radical (unpaired) electrons. The molecular weight excluding hydrogens is 284 g/mol. The normalized spacial score (nSPS) is 12.9. The first-order valence-corrected chi connectivity index (χ1v) is 6.33. The first-order chi connectivity index (χ1) is 8.24. The maximum absolute atomic E-state index is 5.56. The van der Waals surface area contributed by atoms with Crippen LogP contribution in [-0.4, -0.2) is 21.8 Å². The van der Waals surface area contributed by atoms with Gasteiger partial charge in [0.2, 0.25) is 0 Å². The molecule has 0 aliphatic heterocycles. The third kappa shape index (κ3) is 2.76. The Morgan fingerprint density at radius 2 is 2.35 bits per heavy atom. The van der Waals surface area contributed by atoms with Crippen molar-refractivity contribution in [1.29, 1.82) is 0 Å². The third-order valence-electron chi connectivity index (χ3n) is 2.67. The van der Waals surface area contributed by atoms with Gasteiger partial charge in [0.1, 0.15) is 17.9 Å². The van der Waals surface area contributed by atoms with Gasteiger partial charge in [-0.25, -0.2) is 4.98 Å². The number of rotatable bonds is 5. The monoisotopic (exact) mass is 298 g/mol. The summed E-state index contributed by atoms with van der Waals surface area (Å²) in [5.41, 5.74) is 0. The molecule has 0 saturated heterocycles. The van der Waals surface area contributed by atoms with E-state index < -0.39 is 0 Å². The minimum atomic E-state index is 0.107. The molecule has 2 aromatic heterocycles. The van der Waals surface area contributed by atoms with Gasteiger partial charge in [-0.15, -0.1) is 0 Å². The Kier molecular flexibility index (Phi) is 3.96. The molecule has 0 fully saturated rings. The smallest absolute Gasteiger partial charge is 0.169 e. The maximum atomic E-state index is 5.56. The zero-order chi connectivity index (χ0) is 12.3. The summed E-state index contributed by atoms with van der Waals surface area (Å²) in [5.74, 6) is 1.85. The lowest BCUT2D eigenvalue weighted by molar-refractivity contribution is 0.407. The quantitative estimate of drug-likeness (QED) is 0.919. The van der Waals surface area contributed by atoms with Crippen LogP contribution in [0.2, 0.25) is 0 Å². The van der Waals surface area contributed by atoms with E-state index >= 15 is 0 Å². The van der Waals surface area contributed by atoms with E-state index in [0.29, 0.717) is 0 Å². The van der Waals surface area contributed by atoms with Gasteiger partial charge < -0.3 is 9.73 Å². The minimum Gasteiger partial charge on any atom is -0.453 e. The van der Waals surface area contributed by atoms with Crippen molar-refractivity contribution in [2.75, 3.05) is 7.05 Å². The Morgan fingerprint density at radius 1 is 1.53 bits per heavy atom. The molecule has 6 heteroatoms. The predicted octanol–water partition coefficient (Wildman–Crippen LogP) is 2.16. The van der Waals surface area contributed by atoms with E-state index in [4.69, 9.17) is 4.42 Å². The Balaban J connectivity index is 2.15. The first kappa shape index (κ1) is 12.3. The molecule has 1 unspecified atom stereocenters. The lowest BCUT2D eigenvalue weighted by atomic mass is 10.1. The molecule has 0 bridgehead atoms. The molecule has 1 N–H and O–H groups in total. The highest BCUT2D eigenvalue weighted by atomic mass is 79.9. The molecule has 0 saturated carbocycles.